The fraction of sp³-hybridized carbons (Fsp3) is 0. The topological polar surface area (TPSA) is 64.7 Å². The number of nitrogens with zero attached hydrogens (tertiary/aromatic N) is 3. The SMILES string of the molecule is Nc1nc(-c2cnc(-c3ccncc3)s2)cs1. The largest absolute Gasteiger partial charge is 0.375 e. The van der Waals surface area contributed by atoms with Crippen LogP contribution in [0.25, 0.3) is 21.1 Å². The van der Waals surface area contributed by atoms with Gasteiger partial charge in [-0.15, -0.1) is 22.7 Å². The van der Waals surface area contributed by atoms with Crippen LogP contribution in [0.15, 0.2) is 36.1 Å². The number of pyridine rings is 1. The van der Waals surface area contributed by atoms with Gasteiger partial charge in [0.25, 0.3) is 0 Å². The van der Waals surface area contributed by atoms with E-state index < -0.39 is 0 Å². The smallest absolute Gasteiger partial charge is 0.180 e. The molecule has 0 bridgehead atoms. The number of nitrogen functional groups attached to an aromatic ring is 1. The number of hydrogen-bond donors (Lipinski definition) is 1. The van der Waals surface area contributed by atoms with Crippen LogP contribution >= 0.6 is 22.7 Å². The molecule has 0 spiro atoms. The van der Waals surface area contributed by atoms with Gasteiger partial charge < -0.3 is 5.73 Å². The van der Waals surface area contributed by atoms with E-state index in [0.29, 0.717) is 5.13 Å². The second kappa shape index (κ2) is 4.23. The van der Waals surface area contributed by atoms with Crippen LogP contribution in [0.3, 0.4) is 0 Å². The van der Waals surface area contributed by atoms with Gasteiger partial charge in [0.05, 0.1) is 10.6 Å². The van der Waals surface area contributed by atoms with Gasteiger partial charge in [-0.3, -0.25) is 4.98 Å². The minimum absolute atomic E-state index is 0.582. The van der Waals surface area contributed by atoms with Gasteiger partial charge in [-0.05, 0) is 12.1 Å². The lowest BCUT2D eigenvalue weighted by atomic mass is 10.3. The van der Waals surface area contributed by atoms with E-state index in [1.54, 1.807) is 23.7 Å². The van der Waals surface area contributed by atoms with E-state index in [4.69, 9.17) is 5.73 Å². The number of rotatable bonds is 2. The Labute approximate surface area is 106 Å². The van der Waals surface area contributed by atoms with Crippen molar-refractivity contribution in [3.8, 4) is 21.1 Å². The molecule has 0 saturated carbocycles. The summed E-state index contributed by atoms with van der Waals surface area (Å²) in [6, 6.07) is 3.88. The molecule has 3 aromatic rings. The van der Waals surface area contributed by atoms with Crippen LogP contribution in [-0.4, -0.2) is 15.0 Å². The lowest BCUT2D eigenvalue weighted by Gasteiger charge is -1.92. The van der Waals surface area contributed by atoms with Crippen LogP contribution in [0.1, 0.15) is 0 Å². The number of thiazole rings is 2. The molecule has 0 aliphatic rings. The first-order valence-electron chi connectivity index (χ1n) is 4.90. The molecule has 0 unspecified atom stereocenters. The highest BCUT2D eigenvalue weighted by Crippen LogP contribution is 2.32. The molecule has 0 aliphatic heterocycles. The van der Waals surface area contributed by atoms with Gasteiger partial charge in [0.1, 0.15) is 5.01 Å². The maximum absolute atomic E-state index is 5.62. The Bertz CT molecular complexity index is 630. The normalized spacial score (nSPS) is 10.6. The third-order valence-corrected chi connectivity index (χ3v) is 3.95. The van der Waals surface area contributed by atoms with Crippen molar-refractivity contribution < 1.29 is 0 Å². The maximum Gasteiger partial charge on any atom is 0.180 e. The molecule has 0 fully saturated rings. The second-order valence-corrected chi connectivity index (χ2v) is 5.26. The van der Waals surface area contributed by atoms with Crippen molar-refractivity contribution in [3.63, 3.8) is 0 Å². The van der Waals surface area contributed by atoms with Crippen LogP contribution in [0.5, 0.6) is 0 Å². The Morgan fingerprint density at radius 1 is 1.18 bits per heavy atom. The summed E-state index contributed by atoms with van der Waals surface area (Å²) < 4.78 is 0. The summed E-state index contributed by atoms with van der Waals surface area (Å²) in [4.78, 5) is 13.6. The Kier molecular flexibility index (Phi) is 2.58. The highest BCUT2D eigenvalue weighted by Gasteiger charge is 2.08. The molecule has 4 nitrogen and oxygen atoms in total. The Morgan fingerprint density at radius 3 is 2.71 bits per heavy atom. The number of aromatic nitrogens is 3. The molecule has 0 amide bonds. The average molecular weight is 260 g/mol. The first-order chi connectivity index (χ1) is 8.33. The van der Waals surface area contributed by atoms with Gasteiger partial charge in [0.2, 0.25) is 0 Å². The average Bonchev–Trinajstić information content (AvgIpc) is 2.98. The van der Waals surface area contributed by atoms with Crippen LogP contribution in [0.2, 0.25) is 0 Å². The van der Waals surface area contributed by atoms with Gasteiger partial charge in [0, 0.05) is 29.5 Å². The molecule has 2 N–H and O–H groups in total. The minimum atomic E-state index is 0.582. The van der Waals surface area contributed by atoms with E-state index in [1.165, 1.54) is 11.3 Å². The molecule has 17 heavy (non-hydrogen) atoms. The Hall–Kier alpha value is -1.79. The quantitative estimate of drug-likeness (QED) is 0.769. The van der Waals surface area contributed by atoms with Gasteiger partial charge >= 0.3 is 0 Å². The van der Waals surface area contributed by atoms with Crippen LogP contribution in [0, 0.1) is 0 Å². The fourth-order valence-electron chi connectivity index (χ4n) is 1.42. The molecule has 0 atom stereocenters. The molecule has 3 heterocycles. The zero-order valence-corrected chi connectivity index (χ0v) is 10.3. The van der Waals surface area contributed by atoms with Gasteiger partial charge in [0.15, 0.2) is 5.13 Å². The third-order valence-electron chi connectivity index (χ3n) is 2.21. The van der Waals surface area contributed by atoms with E-state index in [0.717, 1.165) is 21.1 Å². The van der Waals surface area contributed by atoms with Gasteiger partial charge in [-0.25, -0.2) is 9.97 Å². The van der Waals surface area contributed by atoms with E-state index in [1.807, 2.05) is 23.7 Å². The summed E-state index contributed by atoms with van der Waals surface area (Å²) in [5, 5.41) is 3.49. The molecule has 0 radical (unpaired) electrons. The predicted octanol–water partition coefficient (Wildman–Crippen LogP) is 2.91. The molecule has 6 heteroatoms. The molecular weight excluding hydrogens is 252 g/mol. The number of nitrogens with two attached hydrogens (primary N) is 1. The summed E-state index contributed by atoms with van der Waals surface area (Å²) in [6.07, 6.45) is 5.35. The zero-order valence-electron chi connectivity index (χ0n) is 8.70. The fourth-order valence-corrected chi connectivity index (χ4v) is 2.94. The number of hydrogen-bond acceptors (Lipinski definition) is 6. The van der Waals surface area contributed by atoms with Crippen molar-refractivity contribution in [2.45, 2.75) is 0 Å². The Balaban J connectivity index is 1.99. The van der Waals surface area contributed by atoms with Crippen molar-refractivity contribution in [1.82, 2.24) is 15.0 Å². The lowest BCUT2D eigenvalue weighted by Crippen LogP contribution is -1.80. The lowest BCUT2D eigenvalue weighted by molar-refractivity contribution is 1.32. The van der Waals surface area contributed by atoms with Crippen LogP contribution in [0.4, 0.5) is 5.13 Å². The van der Waals surface area contributed by atoms with Crippen molar-refractivity contribution >= 4 is 27.8 Å². The van der Waals surface area contributed by atoms with Crippen molar-refractivity contribution in [3.05, 3.63) is 36.1 Å². The molecule has 84 valence electrons. The first kappa shape index (κ1) is 10.4. The van der Waals surface area contributed by atoms with Crippen molar-refractivity contribution in [2.24, 2.45) is 0 Å². The number of anilines is 1. The summed E-state index contributed by atoms with van der Waals surface area (Å²) in [5.41, 5.74) is 7.58. The Morgan fingerprint density at radius 2 is 2.00 bits per heavy atom. The zero-order chi connectivity index (χ0) is 11.7. The molecule has 0 saturated heterocycles. The van der Waals surface area contributed by atoms with E-state index in [-0.39, 0.29) is 0 Å². The van der Waals surface area contributed by atoms with Crippen LogP contribution < -0.4 is 5.73 Å². The van der Waals surface area contributed by atoms with Gasteiger partial charge in [-0.1, -0.05) is 0 Å². The summed E-state index contributed by atoms with van der Waals surface area (Å²) in [7, 11) is 0. The van der Waals surface area contributed by atoms with E-state index >= 15 is 0 Å². The molecular formula is C11H8N4S2. The van der Waals surface area contributed by atoms with E-state index in [2.05, 4.69) is 15.0 Å². The second-order valence-electron chi connectivity index (χ2n) is 3.34. The summed E-state index contributed by atoms with van der Waals surface area (Å²) in [5.74, 6) is 0. The molecule has 3 aromatic heterocycles. The molecule has 0 aliphatic carbocycles. The maximum atomic E-state index is 5.62. The van der Waals surface area contributed by atoms with Gasteiger partial charge in [-0.2, -0.15) is 0 Å². The first-order valence-corrected chi connectivity index (χ1v) is 6.60. The monoisotopic (exact) mass is 260 g/mol. The molecule has 0 aromatic carbocycles. The minimum Gasteiger partial charge on any atom is -0.375 e. The summed E-state index contributed by atoms with van der Waals surface area (Å²) in [6.45, 7) is 0. The third kappa shape index (κ3) is 2.04. The van der Waals surface area contributed by atoms with Crippen molar-refractivity contribution in [1.29, 1.82) is 0 Å². The predicted molar refractivity (Wildman–Crippen MR) is 70.9 cm³/mol. The standard InChI is InChI=1S/C11H8N4S2/c12-11-15-8(6-16-11)9-5-14-10(17-9)7-1-3-13-4-2-7/h1-6H,(H2,12,15). The van der Waals surface area contributed by atoms with Crippen molar-refractivity contribution in [2.75, 3.05) is 5.73 Å². The summed E-state index contributed by atoms with van der Waals surface area (Å²) >= 11 is 3.04. The highest BCUT2D eigenvalue weighted by atomic mass is 32.1. The molecule has 3 rings (SSSR count). The highest BCUT2D eigenvalue weighted by molar-refractivity contribution is 7.19. The van der Waals surface area contributed by atoms with Crippen LogP contribution in [-0.2, 0) is 0 Å². The van der Waals surface area contributed by atoms with E-state index in [9.17, 15) is 0 Å².